The fourth-order valence-electron chi connectivity index (χ4n) is 1.70. The van der Waals surface area contributed by atoms with Crippen LogP contribution in [0.25, 0.3) is 5.57 Å². The summed E-state index contributed by atoms with van der Waals surface area (Å²) in [6.07, 6.45) is 5.87. The van der Waals surface area contributed by atoms with E-state index in [4.69, 9.17) is 11.5 Å². The van der Waals surface area contributed by atoms with Crippen LogP contribution in [0.1, 0.15) is 5.56 Å². The van der Waals surface area contributed by atoms with Crippen LogP contribution in [0.3, 0.4) is 0 Å². The molecule has 1 aliphatic rings. The number of para-hydroxylation sites is 1. The minimum atomic E-state index is -0.153. The lowest BCUT2D eigenvalue weighted by molar-refractivity contribution is 0.997. The van der Waals surface area contributed by atoms with Crippen LogP contribution in [-0.4, -0.2) is 6.04 Å². The van der Waals surface area contributed by atoms with Crippen LogP contribution in [0.15, 0.2) is 54.6 Å². The number of rotatable bonds is 1. The van der Waals surface area contributed by atoms with Crippen molar-refractivity contribution in [2.75, 3.05) is 5.73 Å². The third kappa shape index (κ3) is 1.72. The van der Waals surface area contributed by atoms with Crippen molar-refractivity contribution in [3.63, 3.8) is 0 Å². The fraction of sp³-hybridized carbons (Fsp3) is 0.0769. The predicted octanol–water partition coefficient (Wildman–Crippen LogP) is 2.11. The number of nitrogen functional groups attached to an aromatic ring is 1. The summed E-state index contributed by atoms with van der Waals surface area (Å²) >= 11 is 0. The van der Waals surface area contributed by atoms with E-state index in [0.29, 0.717) is 0 Å². The van der Waals surface area contributed by atoms with Gasteiger partial charge in [0.2, 0.25) is 0 Å². The number of allylic oxidation sites excluding steroid dienone is 2. The largest absolute Gasteiger partial charge is 0.398 e. The van der Waals surface area contributed by atoms with Gasteiger partial charge in [0, 0.05) is 11.3 Å². The van der Waals surface area contributed by atoms with Crippen LogP contribution in [0.5, 0.6) is 0 Å². The summed E-state index contributed by atoms with van der Waals surface area (Å²) in [7, 11) is 0. The van der Waals surface area contributed by atoms with Gasteiger partial charge in [-0.05, 0) is 17.2 Å². The SMILES string of the molecule is C=C1C=CC=C(c2ccccc2N)C1N. The van der Waals surface area contributed by atoms with E-state index in [-0.39, 0.29) is 6.04 Å². The number of benzene rings is 1. The Bertz CT molecular complexity index is 455. The lowest BCUT2D eigenvalue weighted by Gasteiger charge is -2.20. The third-order valence-electron chi connectivity index (χ3n) is 2.59. The zero-order chi connectivity index (χ0) is 10.8. The molecule has 1 atom stereocenters. The van der Waals surface area contributed by atoms with E-state index in [9.17, 15) is 0 Å². The van der Waals surface area contributed by atoms with Crippen molar-refractivity contribution in [3.8, 4) is 0 Å². The number of hydrogen-bond acceptors (Lipinski definition) is 2. The van der Waals surface area contributed by atoms with Crippen molar-refractivity contribution >= 4 is 11.3 Å². The highest BCUT2D eigenvalue weighted by Gasteiger charge is 2.16. The average Bonchev–Trinajstić information content (AvgIpc) is 2.23. The van der Waals surface area contributed by atoms with E-state index in [1.54, 1.807) is 0 Å². The van der Waals surface area contributed by atoms with Crippen molar-refractivity contribution in [3.05, 3.63) is 60.2 Å². The first-order chi connectivity index (χ1) is 7.20. The molecule has 0 bridgehead atoms. The minimum Gasteiger partial charge on any atom is -0.398 e. The molecule has 0 saturated heterocycles. The topological polar surface area (TPSA) is 52.0 Å². The predicted molar refractivity (Wildman–Crippen MR) is 65.1 cm³/mol. The molecule has 1 aromatic carbocycles. The summed E-state index contributed by atoms with van der Waals surface area (Å²) in [5, 5.41) is 0. The molecule has 4 N–H and O–H groups in total. The highest BCUT2D eigenvalue weighted by atomic mass is 14.7. The highest BCUT2D eigenvalue weighted by molar-refractivity contribution is 5.82. The van der Waals surface area contributed by atoms with Crippen LogP contribution < -0.4 is 11.5 Å². The van der Waals surface area contributed by atoms with Crippen LogP contribution in [0, 0.1) is 0 Å². The Morgan fingerprint density at radius 2 is 1.93 bits per heavy atom. The molecule has 2 nitrogen and oxygen atoms in total. The van der Waals surface area contributed by atoms with E-state index in [0.717, 1.165) is 22.4 Å². The molecule has 2 rings (SSSR count). The zero-order valence-electron chi connectivity index (χ0n) is 8.48. The quantitative estimate of drug-likeness (QED) is 0.679. The second-order valence-electron chi connectivity index (χ2n) is 3.62. The summed E-state index contributed by atoms with van der Waals surface area (Å²) in [6, 6.07) is 7.58. The van der Waals surface area contributed by atoms with Gasteiger partial charge in [-0.25, -0.2) is 0 Å². The zero-order valence-corrected chi connectivity index (χ0v) is 8.48. The first-order valence-corrected chi connectivity index (χ1v) is 4.87. The van der Waals surface area contributed by atoms with Gasteiger partial charge < -0.3 is 11.5 Å². The van der Waals surface area contributed by atoms with E-state index >= 15 is 0 Å². The first-order valence-electron chi connectivity index (χ1n) is 4.87. The maximum Gasteiger partial charge on any atom is 0.0552 e. The molecule has 0 aromatic heterocycles. The molecule has 76 valence electrons. The van der Waals surface area contributed by atoms with Gasteiger partial charge in [-0.2, -0.15) is 0 Å². The van der Waals surface area contributed by atoms with Gasteiger partial charge in [0.15, 0.2) is 0 Å². The van der Waals surface area contributed by atoms with Crippen molar-refractivity contribution in [1.29, 1.82) is 0 Å². The Hall–Kier alpha value is -1.80. The Balaban J connectivity index is 2.48. The lowest BCUT2D eigenvalue weighted by Crippen LogP contribution is -2.24. The van der Waals surface area contributed by atoms with Crippen LogP contribution >= 0.6 is 0 Å². The van der Waals surface area contributed by atoms with Crippen molar-refractivity contribution in [2.45, 2.75) is 6.04 Å². The van der Waals surface area contributed by atoms with Gasteiger partial charge in [-0.1, -0.05) is 43.0 Å². The van der Waals surface area contributed by atoms with Crippen LogP contribution in [0.4, 0.5) is 5.69 Å². The summed E-state index contributed by atoms with van der Waals surface area (Å²) in [5.41, 5.74) is 15.6. The molecule has 0 aliphatic heterocycles. The standard InChI is InChI=1S/C13H14N2/c1-9-5-4-7-11(13(9)15)10-6-2-3-8-12(10)14/h2-8,13H,1,14-15H2. The van der Waals surface area contributed by atoms with E-state index in [1.165, 1.54) is 0 Å². The Morgan fingerprint density at radius 1 is 1.20 bits per heavy atom. The Labute approximate surface area is 89.6 Å². The van der Waals surface area contributed by atoms with Crippen LogP contribution in [0.2, 0.25) is 0 Å². The summed E-state index contributed by atoms with van der Waals surface area (Å²) in [5.74, 6) is 0. The Morgan fingerprint density at radius 3 is 2.67 bits per heavy atom. The maximum atomic E-state index is 6.05. The fourth-order valence-corrected chi connectivity index (χ4v) is 1.70. The van der Waals surface area contributed by atoms with E-state index < -0.39 is 0 Å². The normalized spacial score (nSPS) is 20.2. The second kappa shape index (κ2) is 3.75. The van der Waals surface area contributed by atoms with Gasteiger partial charge in [-0.3, -0.25) is 0 Å². The first kappa shape index (κ1) is 9.74. The molecule has 0 saturated carbocycles. The number of anilines is 1. The lowest BCUT2D eigenvalue weighted by atomic mass is 9.89. The molecular formula is C13H14N2. The molecule has 15 heavy (non-hydrogen) atoms. The molecule has 0 heterocycles. The Kier molecular flexibility index (Phi) is 2.44. The molecule has 0 spiro atoms. The molecule has 1 aliphatic carbocycles. The molecule has 2 heteroatoms. The van der Waals surface area contributed by atoms with Crippen molar-refractivity contribution < 1.29 is 0 Å². The molecule has 0 fully saturated rings. The molecule has 0 amide bonds. The van der Waals surface area contributed by atoms with Crippen LogP contribution in [-0.2, 0) is 0 Å². The number of hydrogen-bond donors (Lipinski definition) is 2. The molecule has 1 unspecified atom stereocenters. The molecule has 1 aromatic rings. The molecular weight excluding hydrogens is 184 g/mol. The molecule has 0 radical (unpaired) electrons. The minimum absolute atomic E-state index is 0.153. The summed E-state index contributed by atoms with van der Waals surface area (Å²) in [4.78, 5) is 0. The monoisotopic (exact) mass is 198 g/mol. The van der Waals surface area contributed by atoms with Gasteiger partial charge in [0.1, 0.15) is 0 Å². The average molecular weight is 198 g/mol. The number of nitrogens with two attached hydrogens (primary N) is 2. The van der Waals surface area contributed by atoms with E-state index in [2.05, 4.69) is 6.58 Å². The van der Waals surface area contributed by atoms with Crippen molar-refractivity contribution in [1.82, 2.24) is 0 Å². The van der Waals surface area contributed by atoms with Gasteiger partial charge >= 0.3 is 0 Å². The van der Waals surface area contributed by atoms with Crippen molar-refractivity contribution in [2.24, 2.45) is 5.73 Å². The smallest absolute Gasteiger partial charge is 0.0552 e. The maximum absolute atomic E-state index is 6.05. The van der Waals surface area contributed by atoms with Gasteiger partial charge in [0.05, 0.1) is 6.04 Å². The highest BCUT2D eigenvalue weighted by Crippen LogP contribution is 2.28. The van der Waals surface area contributed by atoms with Gasteiger partial charge in [-0.15, -0.1) is 0 Å². The second-order valence-corrected chi connectivity index (χ2v) is 3.62. The summed E-state index contributed by atoms with van der Waals surface area (Å²) < 4.78 is 0. The third-order valence-corrected chi connectivity index (χ3v) is 2.59. The van der Waals surface area contributed by atoms with E-state index in [1.807, 2.05) is 42.5 Å². The summed E-state index contributed by atoms with van der Waals surface area (Å²) in [6.45, 7) is 3.91. The van der Waals surface area contributed by atoms with Gasteiger partial charge in [0.25, 0.3) is 0 Å².